The molecule has 0 aliphatic heterocycles. The zero-order valence-corrected chi connectivity index (χ0v) is 5.74. The molecule has 5 nitrogen and oxygen atoms in total. The molecule has 5 heteroatoms. The number of Topliss-reactive ketones (excluding diaryl/α,β-unsaturated/α-hetero) is 1. The van der Waals surface area contributed by atoms with E-state index in [9.17, 15) is 14.4 Å². The third-order valence-corrected chi connectivity index (χ3v) is 0.887. The van der Waals surface area contributed by atoms with E-state index in [0.717, 1.165) is 0 Å². The van der Waals surface area contributed by atoms with Crippen LogP contribution in [0.15, 0.2) is 9.98 Å². The average Bonchev–Trinajstić information content (AvgIpc) is 2.01. The highest BCUT2D eigenvalue weighted by Crippen LogP contribution is 1.83. The Bertz CT molecular complexity index is 224. The number of rotatable bonds is 5. The van der Waals surface area contributed by atoms with Crippen LogP contribution in [0.4, 0.5) is 0 Å². The van der Waals surface area contributed by atoms with Crippen LogP contribution in [0.2, 0.25) is 0 Å². The highest BCUT2D eigenvalue weighted by atomic mass is 16.1. The summed E-state index contributed by atoms with van der Waals surface area (Å²) in [6, 6.07) is 0. The van der Waals surface area contributed by atoms with Crippen LogP contribution in [0.25, 0.3) is 0 Å². The van der Waals surface area contributed by atoms with Crippen molar-refractivity contribution in [1.82, 2.24) is 0 Å². The molecule has 0 radical (unpaired) electrons. The molecule has 0 amide bonds. The molecular formula is C6H6N2O3. The molecule has 0 rings (SSSR count). The first-order valence-corrected chi connectivity index (χ1v) is 2.90. The van der Waals surface area contributed by atoms with E-state index >= 15 is 0 Å². The predicted molar refractivity (Wildman–Crippen MR) is 35.6 cm³/mol. The van der Waals surface area contributed by atoms with Gasteiger partial charge in [-0.1, -0.05) is 0 Å². The first-order chi connectivity index (χ1) is 5.31. The molecule has 0 unspecified atom stereocenters. The van der Waals surface area contributed by atoms with Crippen molar-refractivity contribution in [3.8, 4) is 0 Å². The molecule has 0 aliphatic rings. The Kier molecular flexibility index (Phi) is 5.61. The van der Waals surface area contributed by atoms with Gasteiger partial charge in [0.05, 0.1) is 6.54 Å². The molecule has 0 aliphatic carbocycles. The van der Waals surface area contributed by atoms with E-state index in [1.165, 1.54) is 12.2 Å². The van der Waals surface area contributed by atoms with E-state index in [1.54, 1.807) is 0 Å². The molecule has 0 aromatic rings. The number of isocyanates is 2. The van der Waals surface area contributed by atoms with Crippen LogP contribution >= 0.6 is 0 Å². The summed E-state index contributed by atoms with van der Waals surface area (Å²) in [5, 5.41) is 0. The normalized spacial score (nSPS) is 7.64. The van der Waals surface area contributed by atoms with E-state index in [4.69, 9.17) is 0 Å². The van der Waals surface area contributed by atoms with Gasteiger partial charge in [-0.15, -0.1) is 0 Å². The van der Waals surface area contributed by atoms with Gasteiger partial charge in [0.15, 0.2) is 5.78 Å². The lowest BCUT2D eigenvalue weighted by Gasteiger charge is -1.87. The molecule has 0 aromatic heterocycles. The number of ketones is 1. The maximum atomic E-state index is 10.6. The lowest BCUT2D eigenvalue weighted by Crippen LogP contribution is -2.03. The topological polar surface area (TPSA) is 75.9 Å². The van der Waals surface area contributed by atoms with E-state index in [-0.39, 0.29) is 25.3 Å². The molecule has 11 heavy (non-hydrogen) atoms. The first kappa shape index (κ1) is 9.43. The van der Waals surface area contributed by atoms with Crippen LogP contribution in [0.5, 0.6) is 0 Å². The fourth-order valence-electron chi connectivity index (χ4n) is 0.426. The summed E-state index contributed by atoms with van der Waals surface area (Å²) in [5.41, 5.74) is 0. The van der Waals surface area contributed by atoms with Crippen molar-refractivity contribution >= 4 is 17.9 Å². The zero-order chi connectivity index (χ0) is 8.53. The van der Waals surface area contributed by atoms with Crippen molar-refractivity contribution in [2.75, 3.05) is 13.1 Å². The number of aliphatic imine (C=N–C) groups is 2. The minimum absolute atomic E-state index is 0.108. The van der Waals surface area contributed by atoms with Gasteiger partial charge in [-0.25, -0.2) is 14.6 Å². The fraction of sp³-hybridized carbons (Fsp3) is 0.500. The van der Waals surface area contributed by atoms with Gasteiger partial charge in [-0.3, -0.25) is 4.79 Å². The molecule has 0 bridgehead atoms. The second-order valence-corrected chi connectivity index (χ2v) is 1.67. The molecule has 0 saturated carbocycles. The molecule has 0 N–H and O–H groups in total. The van der Waals surface area contributed by atoms with Crippen LogP contribution in [-0.2, 0) is 14.4 Å². The van der Waals surface area contributed by atoms with Crippen LogP contribution in [0.1, 0.15) is 6.42 Å². The van der Waals surface area contributed by atoms with E-state index in [0.29, 0.717) is 0 Å². The van der Waals surface area contributed by atoms with Gasteiger partial charge in [-0.05, 0) is 0 Å². The minimum Gasteiger partial charge on any atom is -0.298 e. The standard InChI is InChI=1S/C6H6N2O3/c9-4-7-2-1-6(11)3-8-5-10/h1-3H2. The van der Waals surface area contributed by atoms with Gasteiger partial charge in [0, 0.05) is 6.42 Å². The summed E-state index contributed by atoms with van der Waals surface area (Å²) >= 11 is 0. The maximum absolute atomic E-state index is 10.6. The third-order valence-electron chi connectivity index (χ3n) is 0.887. The maximum Gasteiger partial charge on any atom is 0.235 e. The van der Waals surface area contributed by atoms with E-state index in [1.807, 2.05) is 0 Å². The van der Waals surface area contributed by atoms with Gasteiger partial charge in [0.25, 0.3) is 0 Å². The summed E-state index contributed by atoms with van der Waals surface area (Å²) in [5.74, 6) is -0.243. The SMILES string of the molecule is O=C=NCCC(=O)CN=C=O. The number of hydrogen-bond acceptors (Lipinski definition) is 5. The van der Waals surface area contributed by atoms with Crippen molar-refractivity contribution < 1.29 is 14.4 Å². The molecule has 0 aromatic carbocycles. The third kappa shape index (κ3) is 6.31. The molecule has 0 saturated heterocycles. The highest BCUT2D eigenvalue weighted by Gasteiger charge is 1.97. The minimum atomic E-state index is -0.243. The Morgan fingerprint density at radius 1 is 1.18 bits per heavy atom. The molecule has 0 fully saturated rings. The quantitative estimate of drug-likeness (QED) is 0.400. The molecule has 58 valence electrons. The zero-order valence-electron chi connectivity index (χ0n) is 5.74. The largest absolute Gasteiger partial charge is 0.298 e. The monoisotopic (exact) mass is 154 g/mol. The van der Waals surface area contributed by atoms with Gasteiger partial charge >= 0.3 is 0 Å². The lowest BCUT2D eigenvalue weighted by atomic mass is 10.3. The summed E-state index contributed by atoms with van der Waals surface area (Å²) < 4.78 is 0. The smallest absolute Gasteiger partial charge is 0.235 e. The summed E-state index contributed by atoms with van der Waals surface area (Å²) in [6.07, 6.45) is 2.64. The van der Waals surface area contributed by atoms with Crippen LogP contribution in [-0.4, -0.2) is 31.0 Å². The molecule has 0 heterocycles. The van der Waals surface area contributed by atoms with Crippen molar-refractivity contribution in [3.05, 3.63) is 0 Å². The van der Waals surface area contributed by atoms with E-state index in [2.05, 4.69) is 9.98 Å². The number of carbonyl (C=O) groups excluding carboxylic acids is 3. The number of carbonyl (C=O) groups is 1. The Morgan fingerprint density at radius 2 is 1.82 bits per heavy atom. The number of hydrogen-bond donors (Lipinski definition) is 0. The van der Waals surface area contributed by atoms with Crippen LogP contribution < -0.4 is 0 Å². The predicted octanol–water partition coefficient (Wildman–Crippen LogP) is -0.383. The fourth-order valence-corrected chi connectivity index (χ4v) is 0.426. The number of nitrogens with zero attached hydrogens (tertiary/aromatic N) is 2. The van der Waals surface area contributed by atoms with Crippen molar-refractivity contribution in [2.24, 2.45) is 9.98 Å². The molecule has 0 atom stereocenters. The molecular weight excluding hydrogens is 148 g/mol. The van der Waals surface area contributed by atoms with Gasteiger partial charge in [0.2, 0.25) is 12.2 Å². The Morgan fingerprint density at radius 3 is 2.36 bits per heavy atom. The second kappa shape index (κ2) is 6.55. The summed E-state index contributed by atoms with van der Waals surface area (Å²) in [4.78, 5) is 35.8. The Labute approximate surface area is 62.8 Å². The average molecular weight is 154 g/mol. The van der Waals surface area contributed by atoms with Gasteiger partial charge in [-0.2, -0.15) is 4.99 Å². The molecule has 0 spiro atoms. The Hall–Kier alpha value is -1.57. The van der Waals surface area contributed by atoms with Crippen molar-refractivity contribution in [2.45, 2.75) is 6.42 Å². The summed E-state index contributed by atoms with van der Waals surface area (Å²) in [6.45, 7) is -0.0748. The van der Waals surface area contributed by atoms with Crippen molar-refractivity contribution in [3.63, 3.8) is 0 Å². The van der Waals surface area contributed by atoms with E-state index < -0.39 is 0 Å². The highest BCUT2D eigenvalue weighted by molar-refractivity contribution is 5.81. The second-order valence-electron chi connectivity index (χ2n) is 1.67. The lowest BCUT2D eigenvalue weighted by molar-refractivity contribution is -0.117. The van der Waals surface area contributed by atoms with Gasteiger partial charge in [0.1, 0.15) is 6.54 Å². The first-order valence-electron chi connectivity index (χ1n) is 2.90. The van der Waals surface area contributed by atoms with Crippen LogP contribution in [0, 0.1) is 0 Å². The van der Waals surface area contributed by atoms with Crippen LogP contribution in [0.3, 0.4) is 0 Å². The Balaban J connectivity index is 3.52. The summed E-state index contributed by atoms with van der Waals surface area (Å²) in [7, 11) is 0. The van der Waals surface area contributed by atoms with Crippen molar-refractivity contribution in [1.29, 1.82) is 0 Å². The van der Waals surface area contributed by atoms with Gasteiger partial charge < -0.3 is 0 Å².